The Labute approximate surface area is 128 Å². The molecule has 0 amide bonds. The zero-order valence-corrected chi connectivity index (χ0v) is 13.4. The Morgan fingerprint density at radius 3 is 2.53 bits per heavy atom. The van der Waals surface area contributed by atoms with Crippen molar-refractivity contribution in [3.8, 4) is 5.75 Å². The number of nitrogens with two attached hydrogens (primary N) is 1. The summed E-state index contributed by atoms with van der Waals surface area (Å²) in [7, 11) is 0.409. The molecule has 2 N–H and O–H groups in total. The maximum Gasteiger partial charge on any atom is 0.120 e. The molecule has 5 heteroatoms. The summed E-state index contributed by atoms with van der Waals surface area (Å²) in [6.45, 7) is 0. The lowest BCUT2D eigenvalue weighted by Gasteiger charge is -2.08. The van der Waals surface area contributed by atoms with E-state index in [-0.39, 0.29) is 0 Å². The van der Waals surface area contributed by atoms with E-state index in [1.54, 1.807) is 25.3 Å². The van der Waals surface area contributed by atoms with Crippen molar-refractivity contribution in [3.05, 3.63) is 51.6 Å². The van der Waals surface area contributed by atoms with Crippen LogP contribution in [0.2, 0.25) is 0 Å². The van der Waals surface area contributed by atoms with Gasteiger partial charge in [-0.1, -0.05) is 12.1 Å². The average molecular weight is 387 g/mol. The number of nitrogen functional groups attached to an aromatic ring is 1. The maximum atomic E-state index is 12.4. The highest BCUT2D eigenvalue weighted by Gasteiger charge is 2.10. The van der Waals surface area contributed by atoms with Crippen LogP contribution >= 0.6 is 22.6 Å². The summed E-state index contributed by atoms with van der Waals surface area (Å²) in [5.41, 5.74) is 7.43. The van der Waals surface area contributed by atoms with Crippen molar-refractivity contribution in [2.45, 2.75) is 10.6 Å². The Hall–Kier alpha value is -1.08. The monoisotopic (exact) mass is 387 g/mol. The standard InChI is InChI=1S/C14H14INO2S/c1-18-12-6-7-13(16)14(8-12)19(17)9-10-2-4-11(15)5-3-10/h2-8H,9,16H2,1H3. The van der Waals surface area contributed by atoms with E-state index < -0.39 is 10.8 Å². The fourth-order valence-corrected chi connectivity index (χ4v) is 3.24. The summed E-state index contributed by atoms with van der Waals surface area (Å²) < 4.78 is 18.7. The zero-order valence-electron chi connectivity index (χ0n) is 10.4. The fourth-order valence-electron chi connectivity index (χ4n) is 1.65. The first-order valence-electron chi connectivity index (χ1n) is 5.66. The van der Waals surface area contributed by atoms with Crippen LogP contribution in [0.3, 0.4) is 0 Å². The van der Waals surface area contributed by atoms with Gasteiger partial charge in [-0.25, -0.2) is 0 Å². The van der Waals surface area contributed by atoms with Crippen molar-refractivity contribution in [2.24, 2.45) is 0 Å². The number of rotatable bonds is 4. The van der Waals surface area contributed by atoms with E-state index in [1.807, 2.05) is 24.3 Å². The number of hydrogen-bond donors (Lipinski definition) is 1. The third kappa shape index (κ3) is 3.70. The van der Waals surface area contributed by atoms with Crippen molar-refractivity contribution >= 4 is 39.1 Å². The second-order valence-corrected chi connectivity index (χ2v) is 6.69. The molecule has 19 heavy (non-hydrogen) atoms. The first-order chi connectivity index (χ1) is 9.10. The second kappa shape index (κ2) is 6.38. The van der Waals surface area contributed by atoms with E-state index >= 15 is 0 Å². The van der Waals surface area contributed by atoms with Gasteiger partial charge in [-0.05, 0) is 58.5 Å². The number of methoxy groups -OCH3 is 1. The Kier molecular flexibility index (Phi) is 4.81. The summed E-state index contributed by atoms with van der Waals surface area (Å²) in [5, 5.41) is 0. The Morgan fingerprint density at radius 2 is 1.89 bits per heavy atom. The van der Waals surface area contributed by atoms with Crippen LogP contribution in [-0.2, 0) is 16.6 Å². The molecule has 0 aliphatic heterocycles. The van der Waals surface area contributed by atoms with Crippen LogP contribution in [0.4, 0.5) is 5.69 Å². The molecule has 0 aliphatic rings. The third-order valence-electron chi connectivity index (χ3n) is 2.68. The molecule has 100 valence electrons. The predicted octanol–water partition coefficient (Wildman–Crippen LogP) is 3.19. The molecule has 2 aromatic carbocycles. The fraction of sp³-hybridized carbons (Fsp3) is 0.143. The minimum Gasteiger partial charge on any atom is -0.497 e. The predicted molar refractivity (Wildman–Crippen MR) is 86.7 cm³/mol. The van der Waals surface area contributed by atoms with Gasteiger partial charge in [0.25, 0.3) is 0 Å². The topological polar surface area (TPSA) is 52.3 Å². The van der Waals surface area contributed by atoms with Crippen molar-refractivity contribution in [2.75, 3.05) is 12.8 Å². The summed E-state index contributed by atoms with van der Waals surface area (Å²) in [4.78, 5) is 0.623. The van der Waals surface area contributed by atoms with E-state index in [0.29, 0.717) is 22.1 Å². The van der Waals surface area contributed by atoms with Crippen molar-refractivity contribution in [1.29, 1.82) is 0 Å². The molecular formula is C14H14INO2S. The smallest absolute Gasteiger partial charge is 0.120 e. The highest BCUT2D eigenvalue weighted by Crippen LogP contribution is 2.24. The minimum atomic E-state index is -1.17. The van der Waals surface area contributed by atoms with Crippen molar-refractivity contribution in [1.82, 2.24) is 0 Å². The van der Waals surface area contributed by atoms with Gasteiger partial charge in [-0.15, -0.1) is 0 Å². The number of benzene rings is 2. The number of ether oxygens (including phenoxy) is 1. The van der Waals surface area contributed by atoms with Crippen molar-refractivity contribution < 1.29 is 8.95 Å². The molecule has 0 aromatic heterocycles. The molecule has 0 saturated heterocycles. The molecule has 1 unspecified atom stereocenters. The molecule has 0 spiro atoms. The summed E-state index contributed by atoms with van der Waals surface area (Å²) in [5.74, 6) is 1.12. The van der Waals surface area contributed by atoms with Crippen LogP contribution in [0.25, 0.3) is 0 Å². The second-order valence-electron chi connectivity index (χ2n) is 4.02. The van der Waals surface area contributed by atoms with Crippen LogP contribution in [0.15, 0.2) is 47.4 Å². The summed E-state index contributed by atoms with van der Waals surface area (Å²) >= 11 is 2.24. The maximum absolute atomic E-state index is 12.4. The van der Waals surface area contributed by atoms with E-state index in [0.717, 1.165) is 9.13 Å². The lowest BCUT2D eigenvalue weighted by atomic mass is 10.2. The molecule has 0 aliphatic carbocycles. The van der Waals surface area contributed by atoms with Gasteiger partial charge in [-0.3, -0.25) is 4.21 Å². The van der Waals surface area contributed by atoms with E-state index in [2.05, 4.69) is 22.6 Å². The Bertz CT molecular complexity index is 599. The molecule has 0 heterocycles. The molecule has 0 fully saturated rings. The van der Waals surface area contributed by atoms with Gasteiger partial charge < -0.3 is 10.5 Å². The Balaban J connectivity index is 2.22. The minimum absolute atomic E-state index is 0.453. The molecular weight excluding hydrogens is 373 g/mol. The number of hydrogen-bond acceptors (Lipinski definition) is 3. The quantitative estimate of drug-likeness (QED) is 0.648. The van der Waals surface area contributed by atoms with Crippen LogP contribution in [-0.4, -0.2) is 11.3 Å². The van der Waals surface area contributed by atoms with E-state index in [9.17, 15) is 4.21 Å². The first-order valence-corrected chi connectivity index (χ1v) is 8.06. The molecule has 2 aromatic rings. The normalized spacial score (nSPS) is 12.1. The third-order valence-corrected chi connectivity index (χ3v) is 4.84. The first kappa shape index (κ1) is 14.3. The average Bonchev–Trinajstić information content (AvgIpc) is 2.42. The van der Waals surface area contributed by atoms with Crippen LogP contribution in [0.1, 0.15) is 5.56 Å². The molecule has 3 nitrogen and oxygen atoms in total. The van der Waals surface area contributed by atoms with Gasteiger partial charge in [0.05, 0.1) is 28.6 Å². The highest BCUT2D eigenvalue weighted by molar-refractivity contribution is 14.1. The summed E-state index contributed by atoms with van der Waals surface area (Å²) in [6.07, 6.45) is 0. The van der Waals surface area contributed by atoms with Crippen LogP contribution in [0, 0.1) is 3.57 Å². The molecule has 1 atom stereocenters. The lowest BCUT2D eigenvalue weighted by Crippen LogP contribution is -2.01. The van der Waals surface area contributed by atoms with Gasteiger partial charge in [0.15, 0.2) is 0 Å². The zero-order chi connectivity index (χ0) is 13.8. The van der Waals surface area contributed by atoms with Gasteiger partial charge in [0.1, 0.15) is 5.75 Å². The Morgan fingerprint density at radius 1 is 1.21 bits per heavy atom. The largest absolute Gasteiger partial charge is 0.497 e. The van der Waals surface area contributed by atoms with E-state index in [4.69, 9.17) is 10.5 Å². The number of halogens is 1. The lowest BCUT2D eigenvalue weighted by molar-refractivity contribution is 0.413. The molecule has 0 radical (unpaired) electrons. The molecule has 0 bridgehead atoms. The van der Waals surface area contributed by atoms with E-state index in [1.165, 1.54) is 0 Å². The van der Waals surface area contributed by atoms with Crippen LogP contribution in [0.5, 0.6) is 5.75 Å². The highest BCUT2D eigenvalue weighted by atomic mass is 127. The number of anilines is 1. The van der Waals surface area contributed by atoms with Gasteiger partial charge in [0, 0.05) is 9.26 Å². The van der Waals surface area contributed by atoms with Crippen LogP contribution < -0.4 is 10.5 Å². The van der Waals surface area contributed by atoms with Crippen molar-refractivity contribution in [3.63, 3.8) is 0 Å². The van der Waals surface area contributed by atoms with Gasteiger partial charge in [0.2, 0.25) is 0 Å². The molecule has 0 saturated carbocycles. The van der Waals surface area contributed by atoms with Gasteiger partial charge in [-0.2, -0.15) is 0 Å². The molecule has 2 rings (SSSR count). The summed E-state index contributed by atoms with van der Waals surface area (Å²) in [6, 6.07) is 13.2. The van der Waals surface area contributed by atoms with Gasteiger partial charge >= 0.3 is 0 Å². The SMILES string of the molecule is COc1ccc(N)c(S(=O)Cc2ccc(I)cc2)c1.